The standard InChI is InChI=1S/C21H29N3O2S/c1-14(2)17-11-10-15(3)12-18(17)26-19(25)13-27-21-23-22-20(24(21)4)16-8-6-5-7-9-16/h5-9,14-15,17-18H,10-13H2,1-4H3/t15-,17-,18+/m1/s1. The third kappa shape index (κ3) is 4.92. The molecule has 1 aliphatic carbocycles. The summed E-state index contributed by atoms with van der Waals surface area (Å²) in [5.41, 5.74) is 1.01. The van der Waals surface area contributed by atoms with E-state index in [9.17, 15) is 4.79 Å². The number of hydrogen-bond acceptors (Lipinski definition) is 5. The lowest BCUT2D eigenvalue weighted by Crippen LogP contribution is -2.36. The lowest BCUT2D eigenvalue weighted by molar-refractivity contribution is -0.152. The van der Waals surface area contributed by atoms with Gasteiger partial charge in [-0.15, -0.1) is 10.2 Å². The van der Waals surface area contributed by atoms with E-state index in [2.05, 4.69) is 31.0 Å². The Labute approximate surface area is 165 Å². The van der Waals surface area contributed by atoms with Crippen molar-refractivity contribution >= 4 is 17.7 Å². The minimum absolute atomic E-state index is 0.0428. The minimum atomic E-state index is -0.158. The van der Waals surface area contributed by atoms with Crippen LogP contribution >= 0.6 is 11.8 Å². The summed E-state index contributed by atoms with van der Waals surface area (Å²) in [6, 6.07) is 9.93. The van der Waals surface area contributed by atoms with Crippen LogP contribution in [0.1, 0.15) is 40.0 Å². The topological polar surface area (TPSA) is 57.0 Å². The molecule has 0 radical (unpaired) electrons. The van der Waals surface area contributed by atoms with Gasteiger partial charge in [-0.25, -0.2) is 0 Å². The molecule has 1 saturated carbocycles. The van der Waals surface area contributed by atoms with E-state index in [4.69, 9.17) is 4.74 Å². The number of thioether (sulfide) groups is 1. The largest absolute Gasteiger partial charge is 0.461 e. The second-order valence-corrected chi connectivity index (χ2v) is 8.82. The van der Waals surface area contributed by atoms with Crippen LogP contribution in [0.5, 0.6) is 0 Å². The predicted octanol–water partition coefficient (Wildman–Crippen LogP) is 4.58. The lowest BCUT2D eigenvalue weighted by atomic mass is 9.75. The summed E-state index contributed by atoms with van der Waals surface area (Å²) >= 11 is 1.38. The van der Waals surface area contributed by atoms with Gasteiger partial charge in [-0.3, -0.25) is 4.79 Å². The first-order chi connectivity index (χ1) is 13.0. The van der Waals surface area contributed by atoms with Gasteiger partial charge in [0.1, 0.15) is 6.10 Å². The Balaban J connectivity index is 1.58. The number of carbonyl (C=O) groups excluding carboxylic acids is 1. The number of ether oxygens (including phenoxy) is 1. The van der Waals surface area contributed by atoms with E-state index < -0.39 is 0 Å². The smallest absolute Gasteiger partial charge is 0.316 e. The molecule has 1 aromatic heterocycles. The third-order valence-electron chi connectivity index (χ3n) is 5.43. The highest BCUT2D eigenvalue weighted by Crippen LogP contribution is 2.35. The SMILES string of the molecule is CC(C)[C@H]1CC[C@@H](C)C[C@@H]1OC(=O)CSc1nnc(-c2ccccc2)n1C. The summed E-state index contributed by atoms with van der Waals surface area (Å²) in [5, 5.41) is 9.22. The van der Waals surface area contributed by atoms with Crippen LogP contribution in [0.4, 0.5) is 0 Å². The van der Waals surface area contributed by atoms with Crippen LogP contribution in [0.15, 0.2) is 35.5 Å². The summed E-state index contributed by atoms with van der Waals surface area (Å²) in [6.45, 7) is 6.69. The number of carbonyl (C=O) groups is 1. The average molecular weight is 388 g/mol. The molecule has 2 aromatic rings. The zero-order chi connectivity index (χ0) is 19.4. The molecule has 0 aliphatic heterocycles. The van der Waals surface area contributed by atoms with E-state index in [0.29, 0.717) is 17.8 Å². The van der Waals surface area contributed by atoms with E-state index in [1.54, 1.807) is 0 Å². The Morgan fingerprint density at radius 2 is 2.00 bits per heavy atom. The van der Waals surface area contributed by atoms with Crippen molar-refractivity contribution in [1.29, 1.82) is 0 Å². The quantitative estimate of drug-likeness (QED) is 0.536. The Hall–Kier alpha value is -1.82. The van der Waals surface area contributed by atoms with Crippen LogP contribution in [0.3, 0.4) is 0 Å². The first-order valence-electron chi connectivity index (χ1n) is 9.72. The first-order valence-corrected chi connectivity index (χ1v) is 10.7. The number of nitrogens with zero attached hydrogens (tertiary/aromatic N) is 3. The van der Waals surface area contributed by atoms with Gasteiger partial charge in [0.05, 0.1) is 5.75 Å². The Morgan fingerprint density at radius 3 is 2.70 bits per heavy atom. The molecule has 0 saturated heterocycles. The van der Waals surface area contributed by atoms with Crippen LogP contribution in [-0.4, -0.2) is 32.6 Å². The molecule has 0 amide bonds. The van der Waals surface area contributed by atoms with Crippen LogP contribution < -0.4 is 0 Å². The summed E-state index contributed by atoms with van der Waals surface area (Å²) in [7, 11) is 1.92. The van der Waals surface area contributed by atoms with E-state index in [-0.39, 0.29) is 17.8 Å². The van der Waals surface area contributed by atoms with Crippen molar-refractivity contribution in [3.63, 3.8) is 0 Å². The van der Waals surface area contributed by atoms with Gasteiger partial charge in [0, 0.05) is 12.6 Å². The van der Waals surface area contributed by atoms with Gasteiger partial charge in [0.15, 0.2) is 11.0 Å². The predicted molar refractivity (Wildman–Crippen MR) is 108 cm³/mol. The van der Waals surface area contributed by atoms with Crippen molar-refractivity contribution < 1.29 is 9.53 Å². The Bertz CT molecular complexity index is 760. The van der Waals surface area contributed by atoms with Crippen molar-refractivity contribution in [1.82, 2.24) is 14.8 Å². The van der Waals surface area contributed by atoms with Crippen LogP contribution in [0, 0.1) is 17.8 Å². The maximum absolute atomic E-state index is 12.4. The molecular formula is C21H29N3O2S. The molecule has 1 fully saturated rings. The molecular weight excluding hydrogens is 358 g/mol. The van der Waals surface area contributed by atoms with E-state index >= 15 is 0 Å². The zero-order valence-electron chi connectivity index (χ0n) is 16.6. The van der Waals surface area contributed by atoms with Crippen molar-refractivity contribution in [3.8, 4) is 11.4 Å². The highest BCUT2D eigenvalue weighted by Gasteiger charge is 2.33. The summed E-state index contributed by atoms with van der Waals surface area (Å²) < 4.78 is 7.79. The van der Waals surface area contributed by atoms with Crippen LogP contribution in [-0.2, 0) is 16.6 Å². The molecule has 1 heterocycles. The fraction of sp³-hybridized carbons (Fsp3) is 0.571. The third-order valence-corrected chi connectivity index (χ3v) is 6.42. The average Bonchev–Trinajstić information content (AvgIpc) is 3.01. The number of hydrogen-bond donors (Lipinski definition) is 0. The molecule has 5 nitrogen and oxygen atoms in total. The number of esters is 1. The maximum atomic E-state index is 12.4. The van der Waals surface area contributed by atoms with Gasteiger partial charge in [0.25, 0.3) is 0 Å². The van der Waals surface area contributed by atoms with Crippen LogP contribution in [0.25, 0.3) is 11.4 Å². The molecule has 1 aliphatic rings. The molecule has 0 N–H and O–H groups in total. The molecule has 146 valence electrons. The highest BCUT2D eigenvalue weighted by atomic mass is 32.2. The summed E-state index contributed by atoms with van der Waals surface area (Å²) in [5.74, 6) is 2.53. The van der Waals surface area contributed by atoms with E-state index in [1.807, 2.05) is 41.9 Å². The minimum Gasteiger partial charge on any atom is -0.461 e. The van der Waals surface area contributed by atoms with Gasteiger partial charge >= 0.3 is 5.97 Å². The molecule has 27 heavy (non-hydrogen) atoms. The monoisotopic (exact) mass is 387 g/mol. The van der Waals surface area contributed by atoms with Crippen LogP contribution in [0.2, 0.25) is 0 Å². The van der Waals surface area contributed by atoms with Gasteiger partial charge in [0.2, 0.25) is 0 Å². The number of benzene rings is 1. The van der Waals surface area contributed by atoms with Crippen molar-refractivity contribution in [2.75, 3.05) is 5.75 Å². The number of aromatic nitrogens is 3. The maximum Gasteiger partial charge on any atom is 0.316 e. The molecule has 0 unspecified atom stereocenters. The normalized spacial score (nSPS) is 22.8. The van der Waals surface area contributed by atoms with E-state index in [0.717, 1.165) is 29.4 Å². The summed E-state index contributed by atoms with van der Waals surface area (Å²) in [6.07, 6.45) is 3.39. The summed E-state index contributed by atoms with van der Waals surface area (Å²) in [4.78, 5) is 12.4. The van der Waals surface area contributed by atoms with Gasteiger partial charge in [-0.2, -0.15) is 0 Å². The molecule has 6 heteroatoms. The Kier molecular flexibility index (Phi) is 6.58. The molecule has 3 atom stereocenters. The molecule has 0 bridgehead atoms. The van der Waals surface area contributed by atoms with Crippen molar-refractivity contribution in [2.45, 2.75) is 51.3 Å². The van der Waals surface area contributed by atoms with Gasteiger partial charge < -0.3 is 9.30 Å². The van der Waals surface area contributed by atoms with Crippen molar-refractivity contribution in [2.24, 2.45) is 24.8 Å². The molecule has 1 aromatic carbocycles. The zero-order valence-corrected chi connectivity index (χ0v) is 17.4. The second-order valence-electron chi connectivity index (χ2n) is 7.87. The van der Waals surface area contributed by atoms with Crippen molar-refractivity contribution in [3.05, 3.63) is 30.3 Å². The fourth-order valence-electron chi connectivity index (χ4n) is 3.86. The second kappa shape index (κ2) is 8.91. The molecule has 0 spiro atoms. The Morgan fingerprint density at radius 1 is 1.26 bits per heavy atom. The fourth-order valence-corrected chi connectivity index (χ4v) is 4.55. The number of rotatable bonds is 6. The molecule has 3 rings (SSSR count). The van der Waals surface area contributed by atoms with Gasteiger partial charge in [-0.1, -0.05) is 69.3 Å². The first kappa shape index (κ1) is 19.9. The van der Waals surface area contributed by atoms with Gasteiger partial charge in [-0.05, 0) is 30.6 Å². The lowest BCUT2D eigenvalue weighted by Gasteiger charge is -2.36. The van der Waals surface area contributed by atoms with E-state index in [1.165, 1.54) is 18.2 Å². The highest BCUT2D eigenvalue weighted by molar-refractivity contribution is 7.99.